The average Bonchev–Trinajstić information content (AvgIpc) is 3.07. The fourth-order valence-electron chi connectivity index (χ4n) is 5.18. The zero-order chi connectivity index (χ0) is 33.1. The van der Waals surface area contributed by atoms with E-state index in [0.717, 1.165) is 28.3 Å². The van der Waals surface area contributed by atoms with Crippen LogP contribution in [0.2, 0.25) is 10.0 Å². The summed E-state index contributed by atoms with van der Waals surface area (Å²) >= 11 is 12.6. The van der Waals surface area contributed by atoms with Crippen molar-refractivity contribution in [3.63, 3.8) is 0 Å². The maximum atomic E-state index is 14.6. The number of aryl methyl sites for hydroxylation is 1. The average molecular weight is 681 g/mol. The van der Waals surface area contributed by atoms with Crippen molar-refractivity contribution in [1.82, 2.24) is 10.2 Å². The van der Waals surface area contributed by atoms with Gasteiger partial charge in [-0.3, -0.25) is 13.9 Å². The van der Waals surface area contributed by atoms with Crippen LogP contribution in [0.5, 0.6) is 0 Å². The van der Waals surface area contributed by atoms with E-state index < -0.39 is 28.5 Å². The van der Waals surface area contributed by atoms with Crippen LogP contribution >= 0.6 is 23.2 Å². The molecule has 7 nitrogen and oxygen atoms in total. The van der Waals surface area contributed by atoms with E-state index in [1.54, 1.807) is 48.5 Å². The third kappa shape index (κ3) is 8.90. The molecule has 242 valence electrons. The molecule has 0 unspecified atom stereocenters. The van der Waals surface area contributed by atoms with E-state index in [4.69, 9.17) is 23.2 Å². The van der Waals surface area contributed by atoms with Crippen molar-refractivity contribution in [2.75, 3.05) is 17.4 Å². The van der Waals surface area contributed by atoms with Gasteiger partial charge in [0.25, 0.3) is 10.0 Å². The summed E-state index contributed by atoms with van der Waals surface area (Å²) in [6, 6.07) is 28.7. The first-order valence-corrected chi connectivity index (χ1v) is 17.6. The van der Waals surface area contributed by atoms with Crippen LogP contribution in [0.3, 0.4) is 0 Å². The molecule has 0 radical (unpaired) electrons. The Bertz CT molecular complexity index is 1720. The van der Waals surface area contributed by atoms with Gasteiger partial charge in [-0.2, -0.15) is 0 Å². The van der Waals surface area contributed by atoms with Gasteiger partial charge in [0.15, 0.2) is 0 Å². The summed E-state index contributed by atoms with van der Waals surface area (Å²) in [6.45, 7) is 3.89. The molecule has 1 N–H and O–H groups in total. The molecule has 46 heavy (non-hydrogen) atoms. The maximum absolute atomic E-state index is 14.6. The summed E-state index contributed by atoms with van der Waals surface area (Å²) < 4.78 is 29.6. The lowest BCUT2D eigenvalue weighted by atomic mass is 10.0. The number of rotatable bonds is 15. The lowest BCUT2D eigenvalue weighted by Crippen LogP contribution is -2.53. The van der Waals surface area contributed by atoms with E-state index >= 15 is 0 Å². The van der Waals surface area contributed by atoms with E-state index in [9.17, 15) is 18.0 Å². The minimum atomic E-state index is -4.18. The first-order valence-electron chi connectivity index (χ1n) is 15.4. The number of hydrogen-bond donors (Lipinski definition) is 1. The Hall–Kier alpha value is -3.85. The Labute approximate surface area is 282 Å². The highest BCUT2D eigenvalue weighted by molar-refractivity contribution is 7.92. The number of para-hydroxylation sites is 1. The minimum absolute atomic E-state index is 0.00305. The highest BCUT2D eigenvalue weighted by atomic mass is 35.5. The quantitative estimate of drug-likeness (QED) is 0.134. The second kappa shape index (κ2) is 16.6. The van der Waals surface area contributed by atoms with E-state index in [1.807, 2.05) is 56.3 Å². The first-order chi connectivity index (χ1) is 22.1. The first kappa shape index (κ1) is 35.0. The number of hydrogen-bond acceptors (Lipinski definition) is 4. The van der Waals surface area contributed by atoms with Gasteiger partial charge in [-0.25, -0.2) is 8.42 Å². The summed E-state index contributed by atoms with van der Waals surface area (Å²) in [6.07, 6.45) is 2.44. The van der Waals surface area contributed by atoms with Crippen LogP contribution in [0.25, 0.3) is 0 Å². The zero-order valence-electron chi connectivity index (χ0n) is 26.0. The van der Waals surface area contributed by atoms with Crippen molar-refractivity contribution in [3.8, 4) is 0 Å². The number of carbonyl (C=O) groups excluding carboxylic acids is 2. The van der Waals surface area contributed by atoms with Crippen LogP contribution in [-0.2, 0) is 39.0 Å². The monoisotopic (exact) mass is 679 g/mol. The third-order valence-electron chi connectivity index (χ3n) is 7.69. The fraction of sp³-hybridized carbons (Fsp3) is 0.278. The van der Waals surface area contributed by atoms with Gasteiger partial charge in [0.05, 0.1) is 20.6 Å². The van der Waals surface area contributed by atoms with Crippen molar-refractivity contribution >= 4 is 50.7 Å². The largest absolute Gasteiger partial charge is 0.354 e. The fourth-order valence-corrected chi connectivity index (χ4v) is 6.97. The van der Waals surface area contributed by atoms with Crippen molar-refractivity contribution in [1.29, 1.82) is 0 Å². The summed E-state index contributed by atoms with van der Waals surface area (Å²) in [7, 11) is -4.18. The van der Waals surface area contributed by atoms with E-state index in [1.165, 1.54) is 17.0 Å². The number of unbranched alkanes of at least 4 members (excludes halogenated alkanes) is 1. The number of nitrogens with one attached hydrogen (secondary N) is 1. The highest BCUT2D eigenvalue weighted by Crippen LogP contribution is 2.29. The molecule has 0 heterocycles. The second-order valence-electron chi connectivity index (χ2n) is 10.9. The molecule has 0 saturated carbocycles. The molecule has 2 amide bonds. The smallest absolute Gasteiger partial charge is 0.264 e. The highest BCUT2D eigenvalue weighted by Gasteiger charge is 2.35. The van der Waals surface area contributed by atoms with Crippen molar-refractivity contribution in [2.24, 2.45) is 0 Å². The lowest BCUT2D eigenvalue weighted by Gasteiger charge is -2.34. The van der Waals surface area contributed by atoms with Gasteiger partial charge in [0.1, 0.15) is 12.6 Å². The van der Waals surface area contributed by atoms with Gasteiger partial charge in [-0.15, -0.1) is 0 Å². The van der Waals surface area contributed by atoms with Gasteiger partial charge < -0.3 is 10.2 Å². The normalized spacial score (nSPS) is 11.9. The van der Waals surface area contributed by atoms with Crippen LogP contribution in [0.1, 0.15) is 43.4 Å². The zero-order valence-corrected chi connectivity index (χ0v) is 28.4. The lowest BCUT2D eigenvalue weighted by molar-refractivity contribution is -0.140. The van der Waals surface area contributed by atoms with Gasteiger partial charge in [0.2, 0.25) is 11.8 Å². The molecule has 10 heteroatoms. The molecule has 0 aromatic heterocycles. The molecular weight excluding hydrogens is 641 g/mol. The SMILES string of the molecule is CCCCNC(=O)[C@H](Cc1ccccc1)N(Cc1ccc(Cl)c(Cl)c1)C(=O)CN(c1ccccc1CC)S(=O)(=O)c1ccccc1. The van der Waals surface area contributed by atoms with E-state index in [2.05, 4.69) is 5.32 Å². The Morgan fingerprint density at radius 3 is 2.11 bits per heavy atom. The number of amides is 2. The summed E-state index contributed by atoms with van der Waals surface area (Å²) in [4.78, 5) is 30.0. The van der Waals surface area contributed by atoms with Gasteiger partial charge in [-0.05, 0) is 59.9 Å². The predicted molar refractivity (Wildman–Crippen MR) is 186 cm³/mol. The Morgan fingerprint density at radius 2 is 1.46 bits per heavy atom. The summed E-state index contributed by atoms with van der Waals surface area (Å²) in [5.74, 6) is -0.861. The van der Waals surface area contributed by atoms with E-state index in [-0.39, 0.29) is 23.8 Å². The number of carbonyl (C=O) groups is 2. The number of halogens is 2. The Morgan fingerprint density at radius 1 is 0.804 bits per heavy atom. The van der Waals surface area contributed by atoms with Crippen LogP contribution < -0.4 is 9.62 Å². The molecule has 0 bridgehead atoms. The molecule has 0 aliphatic carbocycles. The Balaban J connectivity index is 1.82. The summed E-state index contributed by atoms with van der Waals surface area (Å²) in [5, 5.41) is 3.66. The molecule has 0 fully saturated rings. The van der Waals surface area contributed by atoms with Crippen LogP contribution in [-0.4, -0.2) is 44.3 Å². The standard InChI is InChI=1S/C36H39Cl2N3O4S/c1-3-5-22-39-36(43)34(24-27-14-8-6-9-15-27)40(25-28-20-21-31(37)32(38)23-28)35(42)26-41(33-19-13-12-16-29(33)4-2)46(44,45)30-17-10-7-11-18-30/h6-21,23,34H,3-5,22,24-26H2,1-2H3,(H,39,43)/t34-/m0/s1. The number of benzene rings is 4. The maximum Gasteiger partial charge on any atom is 0.264 e. The van der Waals surface area contributed by atoms with Gasteiger partial charge in [0, 0.05) is 19.5 Å². The Kier molecular flexibility index (Phi) is 12.7. The van der Waals surface area contributed by atoms with E-state index in [0.29, 0.717) is 34.3 Å². The molecule has 0 aliphatic heterocycles. The van der Waals surface area contributed by atoms with Crippen molar-refractivity contribution in [3.05, 3.63) is 130 Å². The molecular formula is C36H39Cl2N3O4S. The van der Waals surface area contributed by atoms with Gasteiger partial charge >= 0.3 is 0 Å². The molecule has 1 atom stereocenters. The van der Waals surface area contributed by atoms with Crippen LogP contribution in [0.4, 0.5) is 5.69 Å². The number of nitrogens with zero attached hydrogens (tertiary/aromatic N) is 2. The number of anilines is 1. The van der Waals surface area contributed by atoms with Crippen LogP contribution in [0, 0.1) is 0 Å². The topological polar surface area (TPSA) is 86.8 Å². The van der Waals surface area contributed by atoms with Gasteiger partial charge in [-0.1, -0.05) is 116 Å². The van der Waals surface area contributed by atoms with Crippen molar-refractivity contribution in [2.45, 2.75) is 57.0 Å². The predicted octanol–water partition coefficient (Wildman–Crippen LogP) is 7.31. The minimum Gasteiger partial charge on any atom is -0.354 e. The molecule has 0 spiro atoms. The van der Waals surface area contributed by atoms with Crippen molar-refractivity contribution < 1.29 is 18.0 Å². The molecule has 0 aliphatic rings. The molecule has 0 saturated heterocycles. The molecule has 4 rings (SSSR count). The molecule has 4 aromatic rings. The molecule has 4 aromatic carbocycles. The number of sulfonamides is 1. The third-order valence-corrected chi connectivity index (χ3v) is 10.2. The summed E-state index contributed by atoms with van der Waals surface area (Å²) in [5.41, 5.74) is 2.68. The second-order valence-corrected chi connectivity index (χ2v) is 13.6. The van der Waals surface area contributed by atoms with Crippen LogP contribution in [0.15, 0.2) is 108 Å².